The third-order valence-corrected chi connectivity index (χ3v) is 4.43. The summed E-state index contributed by atoms with van der Waals surface area (Å²) in [5.74, 6) is 0. The second kappa shape index (κ2) is 5.21. The maximum absolute atomic E-state index is 11.9. The van der Waals surface area contributed by atoms with Gasteiger partial charge < -0.3 is 5.11 Å². The molecular formula is C7H13BrN4O3S. The van der Waals surface area contributed by atoms with Gasteiger partial charge in [0.1, 0.15) is 0 Å². The summed E-state index contributed by atoms with van der Waals surface area (Å²) in [7, 11) is -2.24. The molecule has 1 aromatic heterocycles. The maximum Gasteiger partial charge on any atom is 0.260 e. The van der Waals surface area contributed by atoms with Crippen molar-refractivity contribution in [1.82, 2.24) is 19.7 Å². The van der Waals surface area contributed by atoms with Crippen molar-refractivity contribution in [3.8, 4) is 0 Å². The van der Waals surface area contributed by atoms with Crippen molar-refractivity contribution in [2.45, 2.75) is 24.4 Å². The molecule has 0 saturated heterocycles. The summed E-state index contributed by atoms with van der Waals surface area (Å²) in [6, 6.07) is -0.508. The summed E-state index contributed by atoms with van der Waals surface area (Å²) in [5.41, 5.74) is 0. The SMILES string of the molecule is CC[C@@H](CO)NS(=O)(=O)c1c(Br)nnn1C. The van der Waals surface area contributed by atoms with Gasteiger partial charge in [0.2, 0.25) is 5.03 Å². The zero-order chi connectivity index (χ0) is 12.3. The van der Waals surface area contributed by atoms with E-state index in [2.05, 4.69) is 31.0 Å². The molecule has 7 nitrogen and oxygen atoms in total. The van der Waals surface area contributed by atoms with Crippen LogP contribution in [0.15, 0.2) is 9.63 Å². The molecule has 92 valence electrons. The number of sulfonamides is 1. The van der Waals surface area contributed by atoms with Crippen LogP contribution in [0.1, 0.15) is 13.3 Å². The summed E-state index contributed by atoms with van der Waals surface area (Å²) in [6.07, 6.45) is 0.499. The first-order chi connectivity index (χ1) is 7.42. The first-order valence-electron chi connectivity index (χ1n) is 4.60. The number of nitrogens with zero attached hydrogens (tertiary/aromatic N) is 3. The van der Waals surface area contributed by atoms with Crippen molar-refractivity contribution >= 4 is 26.0 Å². The highest BCUT2D eigenvalue weighted by molar-refractivity contribution is 9.10. The molecule has 0 aliphatic rings. The lowest BCUT2D eigenvalue weighted by atomic mass is 10.3. The van der Waals surface area contributed by atoms with Crippen LogP contribution in [0.4, 0.5) is 0 Å². The van der Waals surface area contributed by atoms with E-state index >= 15 is 0 Å². The fraction of sp³-hybridized carbons (Fsp3) is 0.714. The number of aliphatic hydroxyl groups is 1. The number of aliphatic hydroxyl groups excluding tert-OH is 1. The van der Waals surface area contributed by atoms with Crippen molar-refractivity contribution < 1.29 is 13.5 Å². The predicted molar refractivity (Wildman–Crippen MR) is 60.2 cm³/mol. The molecule has 0 aliphatic carbocycles. The molecule has 16 heavy (non-hydrogen) atoms. The summed E-state index contributed by atoms with van der Waals surface area (Å²) in [5, 5.41) is 16.1. The monoisotopic (exact) mass is 312 g/mol. The molecule has 0 aromatic carbocycles. The Kier molecular flexibility index (Phi) is 4.42. The van der Waals surface area contributed by atoms with E-state index in [9.17, 15) is 8.42 Å². The normalized spacial score (nSPS) is 14.0. The minimum atomic E-state index is -3.72. The Morgan fingerprint density at radius 3 is 2.62 bits per heavy atom. The molecule has 2 N–H and O–H groups in total. The highest BCUT2D eigenvalue weighted by atomic mass is 79.9. The number of rotatable bonds is 5. The van der Waals surface area contributed by atoms with Crippen molar-refractivity contribution in [2.24, 2.45) is 7.05 Å². The first-order valence-corrected chi connectivity index (χ1v) is 6.88. The van der Waals surface area contributed by atoms with Gasteiger partial charge in [-0.2, -0.15) is 0 Å². The van der Waals surface area contributed by atoms with E-state index in [1.807, 2.05) is 0 Å². The smallest absolute Gasteiger partial charge is 0.260 e. The molecule has 9 heteroatoms. The van der Waals surface area contributed by atoms with Crippen LogP contribution in [-0.4, -0.2) is 41.2 Å². The summed E-state index contributed by atoms with van der Waals surface area (Å²) in [4.78, 5) is 0. The van der Waals surface area contributed by atoms with E-state index in [-0.39, 0.29) is 16.2 Å². The van der Waals surface area contributed by atoms with Gasteiger partial charge in [-0.15, -0.1) is 5.10 Å². The quantitative estimate of drug-likeness (QED) is 0.773. The lowest BCUT2D eigenvalue weighted by molar-refractivity contribution is 0.253. The second-order valence-electron chi connectivity index (χ2n) is 3.22. The topological polar surface area (TPSA) is 97.1 Å². The van der Waals surface area contributed by atoms with Gasteiger partial charge in [-0.1, -0.05) is 12.1 Å². The van der Waals surface area contributed by atoms with E-state index in [1.165, 1.54) is 7.05 Å². The van der Waals surface area contributed by atoms with Gasteiger partial charge in [-0.05, 0) is 22.4 Å². The molecule has 0 unspecified atom stereocenters. The lowest BCUT2D eigenvalue weighted by Crippen LogP contribution is -2.37. The van der Waals surface area contributed by atoms with Crippen LogP contribution in [0.3, 0.4) is 0 Å². The predicted octanol–water partition coefficient (Wildman–Crippen LogP) is -0.373. The Balaban J connectivity index is 3.03. The van der Waals surface area contributed by atoms with Gasteiger partial charge in [0.15, 0.2) is 4.60 Å². The number of nitrogens with one attached hydrogen (secondary N) is 1. The number of hydrogen-bond donors (Lipinski definition) is 2. The number of halogens is 1. The van der Waals surface area contributed by atoms with E-state index in [1.54, 1.807) is 6.92 Å². The molecule has 1 aromatic rings. The number of aromatic nitrogens is 3. The zero-order valence-electron chi connectivity index (χ0n) is 8.88. The Hall–Kier alpha value is -0.510. The van der Waals surface area contributed by atoms with Crippen molar-refractivity contribution in [3.63, 3.8) is 0 Å². The molecule has 1 heterocycles. The van der Waals surface area contributed by atoms with Gasteiger partial charge in [-0.25, -0.2) is 17.8 Å². The molecule has 0 saturated carbocycles. The summed E-state index contributed by atoms with van der Waals surface area (Å²) < 4.78 is 27.5. The Morgan fingerprint density at radius 2 is 2.25 bits per heavy atom. The average Bonchev–Trinajstić information content (AvgIpc) is 2.55. The number of aryl methyl sites for hydroxylation is 1. The maximum atomic E-state index is 11.9. The lowest BCUT2D eigenvalue weighted by Gasteiger charge is -2.13. The standard InChI is InChI=1S/C7H13BrN4O3S/c1-3-5(4-13)10-16(14,15)7-6(8)9-11-12(7)2/h5,10,13H,3-4H2,1-2H3/t5-/m0/s1. The minimum Gasteiger partial charge on any atom is -0.395 e. The van der Waals surface area contributed by atoms with Gasteiger partial charge in [0.05, 0.1) is 6.61 Å². The molecule has 1 rings (SSSR count). The van der Waals surface area contributed by atoms with Gasteiger partial charge in [-0.3, -0.25) is 0 Å². The molecule has 0 aliphatic heterocycles. The molecular weight excluding hydrogens is 300 g/mol. The molecule has 0 radical (unpaired) electrons. The molecule has 0 bridgehead atoms. The van der Waals surface area contributed by atoms with E-state index in [0.29, 0.717) is 6.42 Å². The molecule has 0 amide bonds. The first kappa shape index (κ1) is 13.6. The Labute approximate surface area is 102 Å². The van der Waals surface area contributed by atoms with Crippen LogP contribution in [0.5, 0.6) is 0 Å². The van der Waals surface area contributed by atoms with E-state index < -0.39 is 16.1 Å². The van der Waals surface area contributed by atoms with Crippen LogP contribution in [0.25, 0.3) is 0 Å². The summed E-state index contributed by atoms with van der Waals surface area (Å²) >= 11 is 3.01. The Bertz CT molecular complexity index is 435. The fourth-order valence-corrected chi connectivity index (χ4v) is 3.54. The summed E-state index contributed by atoms with van der Waals surface area (Å²) in [6.45, 7) is 1.53. The minimum absolute atomic E-state index is 0.0561. The Morgan fingerprint density at radius 1 is 1.62 bits per heavy atom. The highest BCUT2D eigenvalue weighted by Crippen LogP contribution is 2.17. The van der Waals surface area contributed by atoms with Crippen molar-refractivity contribution in [3.05, 3.63) is 4.60 Å². The molecule has 0 spiro atoms. The van der Waals surface area contributed by atoms with Gasteiger partial charge >= 0.3 is 0 Å². The zero-order valence-corrected chi connectivity index (χ0v) is 11.3. The third kappa shape index (κ3) is 2.78. The van der Waals surface area contributed by atoms with Crippen LogP contribution in [-0.2, 0) is 17.1 Å². The van der Waals surface area contributed by atoms with Gasteiger partial charge in [0.25, 0.3) is 10.0 Å². The van der Waals surface area contributed by atoms with Crippen LogP contribution in [0.2, 0.25) is 0 Å². The fourth-order valence-electron chi connectivity index (χ4n) is 1.13. The van der Waals surface area contributed by atoms with Crippen molar-refractivity contribution in [1.29, 1.82) is 0 Å². The van der Waals surface area contributed by atoms with E-state index in [0.717, 1.165) is 4.68 Å². The number of hydrogen-bond acceptors (Lipinski definition) is 5. The highest BCUT2D eigenvalue weighted by Gasteiger charge is 2.25. The molecule has 1 atom stereocenters. The van der Waals surface area contributed by atoms with E-state index in [4.69, 9.17) is 5.11 Å². The van der Waals surface area contributed by atoms with Crippen LogP contribution in [0, 0.1) is 0 Å². The third-order valence-electron chi connectivity index (χ3n) is 2.03. The van der Waals surface area contributed by atoms with Crippen molar-refractivity contribution in [2.75, 3.05) is 6.61 Å². The van der Waals surface area contributed by atoms with Crippen LogP contribution < -0.4 is 4.72 Å². The second-order valence-corrected chi connectivity index (χ2v) is 5.60. The average molecular weight is 313 g/mol. The van der Waals surface area contributed by atoms with Gasteiger partial charge in [0, 0.05) is 13.1 Å². The largest absolute Gasteiger partial charge is 0.395 e. The van der Waals surface area contributed by atoms with Crippen LogP contribution >= 0.6 is 15.9 Å². The molecule has 0 fully saturated rings.